The van der Waals surface area contributed by atoms with E-state index < -0.39 is 0 Å². The fourth-order valence-electron chi connectivity index (χ4n) is 1.49. The summed E-state index contributed by atoms with van der Waals surface area (Å²) in [4.78, 5) is 9.86. The predicted octanol–water partition coefficient (Wildman–Crippen LogP) is 1.50. The number of aliphatic hydroxyl groups is 1. The molecule has 4 heteroatoms. The zero-order valence-corrected chi connectivity index (χ0v) is 8.50. The highest BCUT2D eigenvalue weighted by atomic mass is 16.6. The van der Waals surface area contributed by atoms with Crippen LogP contribution in [0.2, 0.25) is 0 Å². The van der Waals surface area contributed by atoms with Crippen molar-refractivity contribution >= 4 is 0 Å². The number of aliphatic hydroxyl groups excluding tert-OH is 1. The van der Waals surface area contributed by atoms with Gasteiger partial charge in [0.1, 0.15) is 0 Å². The van der Waals surface area contributed by atoms with Crippen LogP contribution < -0.4 is 0 Å². The standard InChI is InChI=1S/C11H15NO3/c13-9-11(6-7-12(14)15)8-10-4-2-1-3-5-10/h1-5,11,13H,6-9H2. The zero-order chi connectivity index (χ0) is 11.1. The number of nitro groups is 1. The minimum Gasteiger partial charge on any atom is -0.396 e. The fraction of sp³-hybridized carbons (Fsp3) is 0.455. The Bertz CT molecular complexity index is 300. The molecule has 1 aromatic rings. The topological polar surface area (TPSA) is 63.4 Å². The molecule has 1 unspecified atom stereocenters. The molecule has 0 heterocycles. The molecule has 0 amide bonds. The van der Waals surface area contributed by atoms with Crippen molar-refractivity contribution < 1.29 is 10.0 Å². The van der Waals surface area contributed by atoms with Crippen molar-refractivity contribution in [2.45, 2.75) is 12.8 Å². The molecule has 0 radical (unpaired) electrons. The van der Waals surface area contributed by atoms with Crippen LogP contribution in [-0.2, 0) is 6.42 Å². The highest BCUT2D eigenvalue weighted by molar-refractivity contribution is 5.15. The highest BCUT2D eigenvalue weighted by Crippen LogP contribution is 2.11. The van der Waals surface area contributed by atoms with E-state index in [-0.39, 0.29) is 24.0 Å². The second kappa shape index (κ2) is 6.14. The van der Waals surface area contributed by atoms with Gasteiger partial charge in [0, 0.05) is 18.0 Å². The van der Waals surface area contributed by atoms with Gasteiger partial charge in [0.05, 0.1) is 0 Å². The largest absolute Gasteiger partial charge is 0.396 e. The van der Waals surface area contributed by atoms with Crippen LogP contribution in [0.25, 0.3) is 0 Å². The second-order valence-electron chi connectivity index (χ2n) is 3.58. The average Bonchev–Trinajstić information content (AvgIpc) is 2.25. The summed E-state index contributed by atoms with van der Waals surface area (Å²) in [5, 5.41) is 19.3. The van der Waals surface area contributed by atoms with Gasteiger partial charge in [-0.3, -0.25) is 10.1 Å². The molecule has 0 aliphatic rings. The van der Waals surface area contributed by atoms with Crippen molar-refractivity contribution in [3.8, 4) is 0 Å². The second-order valence-corrected chi connectivity index (χ2v) is 3.58. The van der Waals surface area contributed by atoms with E-state index in [9.17, 15) is 10.1 Å². The Morgan fingerprint density at radius 3 is 2.53 bits per heavy atom. The van der Waals surface area contributed by atoms with E-state index >= 15 is 0 Å². The van der Waals surface area contributed by atoms with E-state index in [1.54, 1.807) is 0 Å². The first-order valence-corrected chi connectivity index (χ1v) is 4.99. The minimum absolute atomic E-state index is 0.00271. The van der Waals surface area contributed by atoms with Gasteiger partial charge in [-0.2, -0.15) is 0 Å². The highest BCUT2D eigenvalue weighted by Gasteiger charge is 2.11. The predicted molar refractivity (Wildman–Crippen MR) is 57.2 cm³/mol. The SMILES string of the molecule is O=[N+]([O-])CCC(CO)Cc1ccccc1. The van der Waals surface area contributed by atoms with Gasteiger partial charge in [-0.25, -0.2) is 0 Å². The summed E-state index contributed by atoms with van der Waals surface area (Å²) in [5.41, 5.74) is 1.11. The zero-order valence-electron chi connectivity index (χ0n) is 8.50. The molecule has 82 valence electrons. The summed E-state index contributed by atoms with van der Waals surface area (Å²) in [6.07, 6.45) is 1.13. The van der Waals surface area contributed by atoms with Crippen LogP contribution >= 0.6 is 0 Å². The van der Waals surface area contributed by atoms with Crippen LogP contribution in [0.3, 0.4) is 0 Å². The van der Waals surface area contributed by atoms with E-state index in [1.165, 1.54) is 0 Å². The first-order chi connectivity index (χ1) is 7.22. The maximum Gasteiger partial charge on any atom is 0.204 e. The first kappa shape index (κ1) is 11.7. The van der Waals surface area contributed by atoms with Crippen LogP contribution in [0.15, 0.2) is 30.3 Å². The smallest absolute Gasteiger partial charge is 0.204 e. The Morgan fingerprint density at radius 2 is 2.00 bits per heavy atom. The number of nitrogens with zero attached hydrogens (tertiary/aromatic N) is 1. The van der Waals surface area contributed by atoms with Crippen LogP contribution in [0.1, 0.15) is 12.0 Å². The third-order valence-corrected chi connectivity index (χ3v) is 2.35. The van der Waals surface area contributed by atoms with Gasteiger partial charge in [-0.15, -0.1) is 0 Å². The van der Waals surface area contributed by atoms with E-state index in [0.717, 1.165) is 5.56 Å². The number of hydrogen-bond donors (Lipinski definition) is 1. The van der Waals surface area contributed by atoms with E-state index in [2.05, 4.69) is 0 Å². The van der Waals surface area contributed by atoms with Gasteiger partial charge >= 0.3 is 0 Å². The van der Waals surface area contributed by atoms with Crippen molar-refractivity contribution in [3.05, 3.63) is 46.0 Å². The molecule has 0 saturated heterocycles. The van der Waals surface area contributed by atoms with Crippen LogP contribution in [0.4, 0.5) is 0 Å². The Balaban J connectivity index is 2.43. The Labute approximate surface area is 88.7 Å². The molecule has 0 spiro atoms. The molecule has 1 N–H and O–H groups in total. The van der Waals surface area contributed by atoms with Gasteiger partial charge in [0.25, 0.3) is 0 Å². The van der Waals surface area contributed by atoms with Crippen molar-refractivity contribution in [2.75, 3.05) is 13.2 Å². The van der Waals surface area contributed by atoms with Crippen LogP contribution in [-0.4, -0.2) is 23.2 Å². The summed E-state index contributed by atoms with van der Waals surface area (Å²) < 4.78 is 0. The Hall–Kier alpha value is -1.42. The van der Waals surface area contributed by atoms with Gasteiger partial charge in [-0.05, 0) is 17.9 Å². The molecule has 1 rings (SSSR count). The molecule has 0 aromatic heterocycles. The van der Waals surface area contributed by atoms with Crippen molar-refractivity contribution in [1.29, 1.82) is 0 Å². The van der Waals surface area contributed by atoms with Gasteiger partial charge in [0.15, 0.2) is 0 Å². The van der Waals surface area contributed by atoms with Crippen molar-refractivity contribution in [3.63, 3.8) is 0 Å². The Kier molecular flexibility index (Phi) is 4.77. The lowest BCUT2D eigenvalue weighted by Crippen LogP contribution is -2.14. The first-order valence-electron chi connectivity index (χ1n) is 4.99. The minimum atomic E-state index is -0.340. The number of hydrogen-bond acceptors (Lipinski definition) is 3. The molecule has 1 atom stereocenters. The molecule has 0 aliphatic heterocycles. The van der Waals surface area contributed by atoms with Gasteiger partial charge in [-0.1, -0.05) is 30.3 Å². The molecule has 0 aliphatic carbocycles. The summed E-state index contributed by atoms with van der Waals surface area (Å²) in [5.74, 6) is -0.0159. The molecule has 15 heavy (non-hydrogen) atoms. The van der Waals surface area contributed by atoms with E-state index in [1.807, 2.05) is 30.3 Å². The van der Waals surface area contributed by atoms with Crippen molar-refractivity contribution in [2.24, 2.45) is 5.92 Å². The monoisotopic (exact) mass is 209 g/mol. The summed E-state index contributed by atoms with van der Waals surface area (Å²) in [6, 6.07) is 9.71. The number of benzene rings is 1. The Morgan fingerprint density at radius 1 is 1.33 bits per heavy atom. The van der Waals surface area contributed by atoms with Gasteiger partial charge in [0.2, 0.25) is 6.54 Å². The lowest BCUT2D eigenvalue weighted by atomic mass is 9.97. The lowest BCUT2D eigenvalue weighted by Gasteiger charge is -2.11. The maximum absolute atomic E-state index is 10.2. The molecule has 0 saturated carbocycles. The fourth-order valence-corrected chi connectivity index (χ4v) is 1.49. The van der Waals surface area contributed by atoms with Crippen LogP contribution in [0, 0.1) is 16.0 Å². The number of rotatable bonds is 6. The van der Waals surface area contributed by atoms with Crippen LogP contribution in [0.5, 0.6) is 0 Å². The normalized spacial score (nSPS) is 12.3. The summed E-state index contributed by atoms with van der Waals surface area (Å²) in [7, 11) is 0. The van der Waals surface area contributed by atoms with Gasteiger partial charge < -0.3 is 5.11 Å². The molecule has 1 aromatic carbocycles. The third-order valence-electron chi connectivity index (χ3n) is 2.35. The lowest BCUT2D eigenvalue weighted by molar-refractivity contribution is -0.481. The molecular formula is C11H15NO3. The molecular weight excluding hydrogens is 194 g/mol. The molecule has 0 bridgehead atoms. The average molecular weight is 209 g/mol. The third kappa shape index (κ3) is 4.56. The van der Waals surface area contributed by atoms with E-state index in [4.69, 9.17) is 5.11 Å². The van der Waals surface area contributed by atoms with E-state index in [0.29, 0.717) is 12.8 Å². The quantitative estimate of drug-likeness (QED) is 0.570. The maximum atomic E-state index is 10.2. The molecule has 4 nitrogen and oxygen atoms in total. The summed E-state index contributed by atoms with van der Waals surface area (Å²) in [6.45, 7) is -0.0687. The summed E-state index contributed by atoms with van der Waals surface area (Å²) >= 11 is 0. The van der Waals surface area contributed by atoms with Crippen molar-refractivity contribution in [1.82, 2.24) is 0 Å². The molecule has 0 fully saturated rings.